The number of hydrogen-bond acceptors (Lipinski definition) is 4. The first-order valence-electron chi connectivity index (χ1n) is 8.85. The molecule has 4 heterocycles. The van der Waals surface area contributed by atoms with Gasteiger partial charge >= 0.3 is 0 Å². The highest BCUT2D eigenvalue weighted by Crippen LogP contribution is 2.29. The van der Waals surface area contributed by atoms with Gasteiger partial charge < -0.3 is 9.47 Å². The third-order valence-electron chi connectivity index (χ3n) is 4.90. The van der Waals surface area contributed by atoms with Crippen LogP contribution in [0, 0.1) is 6.92 Å². The van der Waals surface area contributed by atoms with Gasteiger partial charge in [0.2, 0.25) is 0 Å². The number of amides is 1. The minimum atomic E-state index is 0.0449. The zero-order valence-corrected chi connectivity index (χ0v) is 15.0. The maximum atomic E-state index is 12.8. The first kappa shape index (κ1) is 16.5. The summed E-state index contributed by atoms with van der Waals surface area (Å²) >= 11 is 0. The van der Waals surface area contributed by atoms with Crippen molar-refractivity contribution >= 4 is 5.91 Å². The molecule has 1 atom stereocenters. The van der Waals surface area contributed by atoms with E-state index < -0.39 is 0 Å². The lowest BCUT2D eigenvalue weighted by atomic mass is 10.0. The molecule has 7 nitrogen and oxygen atoms in total. The largest absolute Gasteiger partial charge is 0.336 e. The molecule has 0 radical (unpaired) electrons. The van der Waals surface area contributed by atoms with Gasteiger partial charge in [-0.2, -0.15) is 5.10 Å². The number of likely N-dealkylation sites (tertiary alicyclic amines) is 1. The average Bonchev–Trinajstić information content (AvgIpc) is 3.28. The molecule has 0 bridgehead atoms. The third-order valence-corrected chi connectivity index (χ3v) is 4.90. The van der Waals surface area contributed by atoms with Crippen molar-refractivity contribution in [2.45, 2.75) is 25.8 Å². The summed E-state index contributed by atoms with van der Waals surface area (Å²) in [5.41, 5.74) is 2.74. The van der Waals surface area contributed by atoms with Crippen molar-refractivity contribution in [3.63, 3.8) is 0 Å². The highest BCUT2D eigenvalue weighted by atomic mass is 16.2. The summed E-state index contributed by atoms with van der Waals surface area (Å²) in [6.07, 6.45) is 10.9. The number of aryl methyl sites for hydroxylation is 2. The molecule has 7 heteroatoms. The molecule has 134 valence electrons. The Morgan fingerprint density at radius 2 is 2.15 bits per heavy atom. The van der Waals surface area contributed by atoms with E-state index in [-0.39, 0.29) is 11.9 Å². The summed E-state index contributed by atoms with van der Waals surface area (Å²) in [7, 11) is 1.82. The number of pyridine rings is 1. The topological polar surface area (TPSA) is 68.8 Å². The zero-order chi connectivity index (χ0) is 18.1. The molecular weight excluding hydrogens is 328 g/mol. The Balaban J connectivity index is 1.61. The Morgan fingerprint density at radius 1 is 1.27 bits per heavy atom. The van der Waals surface area contributed by atoms with Gasteiger partial charge in [-0.25, -0.2) is 4.98 Å². The van der Waals surface area contributed by atoms with Gasteiger partial charge in [0.1, 0.15) is 5.82 Å². The summed E-state index contributed by atoms with van der Waals surface area (Å²) in [6.45, 7) is 3.52. The summed E-state index contributed by atoms with van der Waals surface area (Å²) in [6, 6.07) is 4.15. The van der Waals surface area contributed by atoms with E-state index in [2.05, 4.69) is 26.6 Å². The van der Waals surface area contributed by atoms with Crippen LogP contribution in [0.2, 0.25) is 0 Å². The molecule has 1 unspecified atom stereocenters. The monoisotopic (exact) mass is 350 g/mol. The molecule has 1 saturated heterocycles. The Hall–Kier alpha value is -2.96. The van der Waals surface area contributed by atoms with Crippen LogP contribution in [-0.2, 0) is 7.05 Å². The molecule has 1 aliphatic heterocycles. The molecule has 0 saturated carbocycles. The van der Waals surface area contributed by atoms with Crippen LogP contribution in [-0.4, -0.2) is 48.2 Å². The van der Waals surface area contributed by atoms with Crippen molar-refractivity contribution < 1.29 is 4.79 Å². The van der Waals surface area contributed by atoms with Gasteiger partial charge in [-0.1, -0.05) is 0 Å². The van der Waals surface area contributed by atoms with Crippen LogP contribution >= 0.6 is 0 Å². The van der Waals surface area contributed by atoms with E-state index >= 15 is 0 Å². The van der Waals surface area contributed by atoms with Crippen molar-refractivity contribution in [3.8, 4) is 11.4 Å². The third kappa shape index (κ3) is 3.00. The molecule has 26 heavy (non-hydrogen) atoms. The Morgan fingerprint density at radius 3 is 2.88 bits per heavy atom. The summed E-state index contributed by atoms with van der Waals surface area (Å²) in [5.74, 6) is 0.958. The lowest BCUT2D eigenvalue weighted by Gasteiger charge is -2.34. The van der Waals surface area contributed by atoms with Crippen molar-refractivity contribution in [3.05, 3.63) is 54.4 Å². The lowest BCUT2D eigenvalue weighted by molar-refractivity contribution is 0.0679. The van der Waals surface area contributed by atoms with Crippen LogP contribution in [0.4, 0.5) is 0 Å². The maximum absolute atomic E-state index is 12.8. The summed E-state index contributed by atoms with van der Waals surface area (Å²) in [4.78, 5) is 23.5. The van der Waals surface area contributed by atoms with E-state index in [0.29, 0.717) is 12.1 Å². The second-order valence-corrected chi connectivity index (χ2v) is 6.78. The van der Waals surface area contributed by atoms with E-state index in [1.807, 2.05) is 36.5 Å². The Kier molecular flexibility index (Phi) is 4.28. The first-order valence-corrected chi connectivity index (χ1v) is 8.85. The normalized spacial score (nSPS) is 17.5. The molecule has 4 rings (SSSR count). The van der Waals surface area contributed by atoms with Gasteiger partial charge in [0.25, 0.3) is 5.91 Å². The number of aromatic nitrogens is 5. The molecule has 1 aliphatic rings. The SMILES string of the molecule is Cc1cnc(-c2cccnc2)n1C1CCCN(C(=O)c2cnn(C)c2)C1. The molecule has 3 aromatic rings. The number of carbonyl (C=O) groups is 1. The number of hydrogen-bond donors (Lipinski definition) is 0. The van der Waals surface area contributed by atoms with Crippen molar-refractivity contribution in [1.82, 2.24) is 29.2 Å². The van der Waals surface area contributed by atoms with E-state index in [4.69, 9.17) is 0 Å². The second-order valence-electron chi connectivity index (χ2n) is 6.78. The fourth-order valence-electron chi connectivity index (χ4n) is 3.68. The number of rotatable bonds is 3. The minimum Gasteiger partial charge on any atom is -0.336 e. The van der Waals surface area contributed by atoms with E-state index in [1.54, 1.807) is 23.3 Å². The summed E-state index contributed by atoms with van der Waals surface area (Å²) in [5, 5.41) is 4.12. The fraction of sp³-hybridized carbons (Fsp3) is 0.368. The first-order chi connectivity index (χ1) is 12.6. The number of imidazole rings is 1. The minimum absolute atomic E-state index is 0.0449. The molecule has 0 N–H and O–H groups in total. The van der Waals surface area contributed by atoms with Gasteiger partial charge in [-0.3, -0.25) is 14.5 Å². The maximum Gasteiger partial charge on any atom is 0.257 e. The van der Waals surface area contributed by atoms with Crippen LogP contribution in [0.1, 0.15) is 34.9 Å². The molecular formula is C19H22N6O. The second kappa shape index (κ2) is 6.74. The number of piperidine rings is 1. The van der Waals surface area contributed by atoms with Gasteiger partial charge in [0.15, 0.2) is 0 Å². The van der Waals surface area contributed by atoms with Gasteiger partial charge in [0.05, 0.1) is 17.8 Å². The zero-order valence-electron chi connectivity index (χ0n) is 15.0. The Labute approximate surface area is 152 Å². The predicted molar refractivity (Wildman–Crippen MR) is 97.6 cm³/mol. The molecule has 3 aromatic heterocycles. The highest BCUT2D eigenvalue weighted by molar-refractivity contribution is 5.93. The standard InChI is InChI=1S/C19H22N6O/c1-14-9-21-18(15-5-3-7-20-10-15)25(14)17-6-4-8-24(13-17)19(26)16-11-22-23(2)12-16/h3,5,7,9-12,17H,4,6,8,13H2,1-2H3. The van der Waals surface area contributed by atoms with Crippen LogP contribution in [0.15, 0.2) is 43.1 Å². The van der Waals surface area contributed by atoms with Crippen molar-refractivity contribution in [2.24, 2.45) is 7.05 Å². The summed E-state index contributed by atoms with van der Waals surface area (Å²) < 4.78 is 3.91. The lowest BCUT2D eigenvalue weighted by Crippen LogP contribution is -2.41. The van der Waals surface area contributed by atoms with Crippen LogP contribution in [0.25, 0.3) is 11.4 Å². The fourth-order valence-corrected chi connectivity index (χ4v) is 3.68. The van der Waals surface area contributed by atoms with E-state index in [9.17, 15) is 4.79 Å². The van der Waals surface area contributed by atoms with Crippen molar-refractivity contribution in [1.29, 1.82) is 0 Å². The molecule has 1 fully saturated rings. The smallest absolute Gasteiger partial charge is 0.257 e. The molecule has 0 aromatic carbocycles. The average molecular weight is 350 g/mol. The van der Waals surface area contributed by atoms with Gasteiger partial charge in [-0.15, -0.1) is 0 Å². The quantitative estimate of drug-likeness (QED) is 0.728. The number of carbonyl (C=O) groups excluding carboxylic acids is 1. The van der Waals surface area contributed by atoms with Crippen LogP contribution in [0.5, 0.6) is 0 Å². The highest BCUT2D eigenvalue weighted by Gasteiger charge is 2.28. The Bertz CT molecular complexity index is 913. The van der Waals surface area contributed by atoms with Crippen LogP contribution < -0.4 is 0 Å². The van der Waals surface area contributed by atoms with Gasteiger partial charge in [-0.05, 0) is 31.9 Å². The molecule has 1 amide bonds. The molecule has 0 spiro atoms. The van der Waals surface area contributed by atoms with Gasteiger partial charge in [0, 0.05) is 56.2 Å². The van der Waals surface area contributed by atoms with E-state index in [0.717, 1.165) is 36.5 Å². The number of nitrogens with zero attached hydrogens (tertiary/aromatic N) is 6. The van der Waals surface area contributed by atoms with Crippen LogP contribution in [0.3, 0.4) is 0 Å². The van der Waals surface area contributed by atoms with E-state index in [1.165, 1.54) is 0 Å². The molecule has 0 aliphatic carbocycles. The van der Waals surface area contributed by atoms with Crippen molar-refractivity contribution in [2.75, 3.05) is 13.1 Å². The predicted octanol–water partition coefficient (Wildman–Crippen LogP) is 2.46.